The average Bonchev–Trinajstić information content (AvgIpc) is 2.81. The first kappa shape index (κ1) is 25.2. The van der Waals surface area contributed by atoms with Gasteiger partial charge in [0.25, 0.3) is 0 Å². The second kappa shape index (κ2) is 11.6. The number of hydrogen-bond donors (Lipinski definition) is 1. The molecular weight excluding hydrogens is 420 g/mol. The van der Waals surface area contributed by atoms with Crippen LogP contribution >= 0.6 is 0 Å². The van der Waals surface area contributed by atoms with E-state index in [2.05, 4.69) is 5.32 Å². The standard InChI is InChI=1S/C30H36N2O2/c1-23-13-11-12-18-26(23)22-32(28(33)20-19-24-14-7-5-8-15-24)27(29(34)31-30(2,3)4)21-25-16-9-6-10-17-25/h5-18,27H,19-22H2,1-4H3,(H,31,34)/t27-/m1/s1. The van der Waals surface area contributed by atoms with Crippen molar-refractivity contribution in [2.45, 2.75) is 65.1 Å². The van der Waals surface area contributed by atoms with Gasteiger partial charge in [-0.25, -0.2) is 0 Å². The van der Waals surface area contributed by atoms with Gasteiger partial charge >= 0.3 is 0 Å². The molecule has 178 valence electrons. The van der Waals surface area contributed by atoms with Crippen molar-refractivity contribution in [1.29, 1.82) is 0 Å². The van der Waals surface area contributed by atoms with Crippen molar-refractivity contribution in [3.8, 4) is 0 Å². The van der Waals surface area contributed by atoms with Crippen molar-refractivity contribution in [3.63, 3.8) is 0 Å². The van der Waals surface area contributed by atoms with Crippen LogP contribution in [0.2, 0.25) is 0 Å². The van der Waals surface area contributed by atoms with Gasteiger partial charge < -0.3 is 10.2 Å². The van der Waals surface area contributed by atoms with E-state index in [9.17, 15) is 9.59 Å². The summed E-state index contributed by atoms with van der Waals surface area (Å²) in [6.45, 7) is 8.34. The number of aryl methyl sites for hydroxylation is 2. The van der Waals surface area contributed by atoms with Crippen LogP contribution in [-0.4, -0.2) is 28.3 Å². The SMILES string of the molecule is Cc1ccccc1CN(C(=O)CCc1ccccc1)[C@H](Cc1ccccc1)C(=O)NC(C)(C)C. The topological polar surface area (TPSA) is 49.4 Å². The largest absolute Gasteiger partial charge is 0.350 e. The Morgan fingerprint density at radius 1 is 0.824 bits per heavy atom. The highest BCUT2D eigenvalue weighted by Crippen LogP contribution is 2.19. The van der Waals surface area contributed by atoms with Crippen LogP contribution in [0.4, 0.5) is 0 Å². The van der Waals surface area contributed by atoms with E-state index in [4.69, 9.17) is 0 Å². The maximum atomic E-state index is 13.7. The van der Waals surface area contributed by atoms with Gasteiger partial charge in [-0.3, -0.25) is 9.59 Å². The average molecular weight is 457 g/mol. The Hall–Kier alpha value is -3.40. The van der Waals surface area contributed by atoms with E-state index in [1.165, 1.54) is 0 Å². The molecule has 4 heteroatoms. The van der Waals surface area contributed by atoms with Crippen molar-refractivity contribution in [2.75, 3.05) is 0 Å². The first-order chi connectivity index (χ1) is 16.2. The molecule has 0 unspecified atom stereocenters. The Bertz CT molecular complexity index is 1070. The highest BCUT2D eigenvalue weighted by molar-refractivity contribution is 5.88. The summed E-state index contributed by atoms with van der Waals surface area (Å²) < 4.78 is 0. The third-order valence-electron chi connectivity index (χ3n) is 5.84. The maximum absolute atomic E-state index is 13.7. The molecule has 0 bridgehead atoms. The van der Waals surface area contributed by atoms with Gasteiger partial charge in [0.05, 0.1) is 0 Å². The molecule has 3 aromatic carbocycles. The number of nitrogens with one attached hydrogen (secondary N) is 1. The van der Waals surface area contributed by atoms with E-state index in [1.807, 2.05) is 113 Å². The summed E-state index contributed by atoms with van der Waals surface area (Å²) in [4.78, 5) is 29.0. The second-order valence-electron chi connectivity index (χ2n) is 9.88. The normalized spacial score (nSPS) is 12.1. The van der Waals surface area contributed by atoms with Crippen LogP contribution in [0.1, 0.15) is 49.4 Å². The van der Waals surface area contributed by atoms with Crippen LogP contribution in [0, 0.1) is 6.92 Å². The monoisotopic (exact) mass is 456 g/mol. The van der Waals surface area contributed by atoms with Crippen molar-refractivity contribution < 1.29 is 9.59 Å². The van der Waals surface area contributed by atoms with E-state index >= 15 is 0 Å². The lowest BCUT2D eigenvalue weighted by atomic mass is 9.99. The lowest BCUT2D eigenvalue weighted by Crippen LogP contribution is -2.54. The first-order valence-corrected chi connectivity index (χ1v) is 12.0. The number of amides is 2. The Balaban J connectivity index is 1.94. The van der Waals surface area contributed by atoms with Gasteiger partial charge in [-0.2, -0.15) is 0 Å². The molecule has 1 atom stereocenters. The molecule has 0 fully saturated rings. The molecule has 0 saturated heterocycles. The molecule has 0 aliphatic carbocycles. The van der Waals surface area contributed by atoms with Crippen LogP contribution in [-0.2, 0) is 29.0 Å². The summed E-state index contributed by atoms with van der Waals surface area (Å²) in [6.07, 6.45) is 1.46. The lowest BCUT2D eigenvalue weighted by molar-refractivity contribution is -0.141. The van der Waals surface area contributed by atoms with E-state index in [-0.39, 0.29) is 11.8 Å². The van der Waals surface area contributed by atoms with Gasteiger partial charge in [0, 0.05) is 24.9 Å². The minimum absolute atomic E-state index is 0.0166. The third-order valence-corrected chi connectivity index (χ3v) is 5.84. The minimum Gasteiger partial charge on any atom is -0.350 e. The van der Waals surface area contributed by atoms with Crippen LogP contribution in [0.15, 0.2) is 84.9 Å². The molecule has 1 N–H and O–H groups in total. The molecule has 0 spiro atoms. The number of nitrogens with zero attached hydrogens (tertiary/aromatic N) is 1. The first-order valence-electron chi connectivity index (χ1n) is 12.0. The molecule has 0 aliphatic rings. The van der Waals surface area contributed by atoms with Gasteiger partial charge in [-0.1, -0.05) is 84.9 Å². The molecule has 0 radical (unpaired) electrons. The van der Waals surface area contributed by atoms with Gasteiger partial charge in [0.2, 0.25) is 11.8 Å². The molecule has 34 heavy (non-hydrogen) atoms. The van der Waals surface area contributed by atoms with Crippen molar-refractivity contribution >= 4 is 11.8 Å². The molecule has 0 saturated carbocycles. The highest BCUT2D eigenvalue weighted by atomic mass is 16.2. The Morgan fingerprint density at radius 2 is 1.38 bits per heavy atom. The number of carbonyl (C=O) groups excluding carboxylic acids is 2. The second-order valence-corrected chi connectivity index (χ2v) is 9.88. The lowest BCUT2D eigenvalue weighted by Gasteiger charge is -2.34. The van der Waals surface area contributed by atoms with Crippen LogP contribution in [0.25, 0.3) is 0 Å². The number of benzene rings is 3. The van der Waals surface area contributed by atoms with E-state index in [0.29, 0.717) is 25.8 Å². The third kappa shape index (κ3) is 7.58. The zero-order valence-electron chi connectivity index (χ0n) is 20.8. The molecule has 3 aromatic rings. The van der Waals surface area contributed by atoms with E-state index in [0.717, 1.165) is 22.3 Å². The molecule has 0 aromatic heterocycles. The molecule has 4 nitrogen and oxygen atoms in total. The van der Waals surface area contributed by atoms with E-state index < -0.39 is 11.6 Å². The molecular formula is C30H36N2O2. The fourth-order valence-corrected chi connectivity index (χ4v) is 4.02. The summed E-state index contributed by atoms with van der Waals surface area (Å²) in [5.74, 6) is -0.143. The van der Waals surface area contributed by atoms with Crippen LogP contribution in [0.5, 0.6) is 0 Å². The van der Waals surface area contributed by atoms with Crippen molar-refractivity contribution in [1.82, 2.24) is 10.2 Å². The fourth-order valence-electron chi connectivity index (χ4n) is 4.02. The maximum Gasteiger partial charge on any atom is 0.243 e. The molecule has 2 amide bonds. The predicted octanol–water partition coefficient (Wildman–Crippen LogP) is 5.48. The van der Waals surface area contributed by atoms with Crippen molar-refractivity contribution in [2.24, 2.45) is 0 Å². The highest BCUT2D eigenvalue weighted by Gasteiger charge is 2.32. The minimum atomic E-state index is -0.607. The summed E-state index contributed by atoms with van der Waals surface area (Å²) in [7, 11) is 0. The van der Waals surface area contributed by atoms with Gasteiger partial charge in [-0.15, -0.1) is 0 Å². The number of rotatable bonds is 9. The Morgan fingerprint density at radius 3 is 1.97 bits per heavy atom. The number of carbonyl (C=O) groups is 2. The van der Waals surface area contributed by atoms with Crippen LogP contribution < -0.4 is 5.32 Å². The molecule has 0 aliphatic heterocycles. The van der Waals surface area contributed by atoms with Crippen LogP contribution in [0.3, 0.4) is 0 Å². The van der Waals surface area contributed by atoms with E-state index in [1.54, 1.807) is 4.90 Å². The Labute approximate surface area is 204 Å². The van der Waals surface area contributed by atoms with Gasteiger partial charge in [0.15, 0.2) is 0 Å². The summed E-state index contributed by atoms with van der Waals surface area (Å²) in [5, 5.41) is 3.12. The predicted molar refractivity (Wildman–Crippen MR) is 138 cm³/mol. The molecule has 3 rings (SSSR count). The zero-order chi connectivity index (χ0) is 24.6. The zero-order valence-corrected chi connectivity index (χ0v) is 20.8. The van der Waals surface area contributed by atoms with Gasteiger partial charge in [0.1, 0.15) is 6.04 Å². The summed E-state index contributed by atoms with van der Waals surface area (Å²) in [5.41, 5.74) is 3.91. The van der Waals surface area contributed by atoms with Gasteiger partial charge in [-0.05, 0) is 56.4 Å². The molecule has 0 heterocycles. The smallest absolute Gasteiger partial charge is 0.243 e. The van der Waals surface area contributed by atoms with Crippen molar-refractivity contribution in [3.05, 3.63) is 107 Å². The Kier molecular flexibility index (Phi) is 8.64. The summed E-state index contributed by atoms with van der Waals surface area (Å²) >= 11 is 0. The quantitative estimate of drug-likeness (QED) is 0.463. The number of hydrogen-bond acceptors (Lipinski definition) is 2. The fraction of sp³-hybridized carbons (Fsp3) is 0.333. The summed E-state index contributed by atoms with van der Waals surface area (Å²) in [6, 6.07) is 27.4.